The molecule has 0 spiro atoms. The fourth-order valence-electron chi connectivity index (χ4n) is 3.07. The van der Waals surface area contributed by atoms with Gasteiger partial charge in [-0.1, -0.05) is 12.1 Å². The van der Waals surface area contributed by atoms with Crippen molar-refractivity contribution in [2.75, 3.05) is 13.2 Å². The van der Waals surface area contributed by atoms with Gasteiger partial charge in [0.05, 0.1) is 5.56 Å². The highest BCUT2D eigenvalue weighted by Crippen LogP contribution is 2.22. The number of hydrogen-bond donors (Lipinski definition) is 1. The summed E-state index contributed by atoms with van der Waals surface area (Å²) in [6, 6.07) is 5.71. The molecule has 7 heteroatoms. The van der Waals surface area contributed by atoms with E-state index in [-0.39, 0.29) is 30.2 Å². The van der Waals surface area contributed by atoms with Crippen LogP contribution >= 0.6 is 0 Å². The first-order chi connectivity index (χ1) is 11.9. The van der Waals surface area contributed by atoms with Gasteiger partial charge in [-0.3, -0.25) is 14.4 Å². The molecule has 1 N–H and O–H groups in total. The number of rotatable bonds is 5. The van der Waals surface area contributed by atoms with Crippen LogP contribution < -0.4 is 5.32 Å². The minimum absolute atomic E-state index is 0.121. The standard InChI is InChI=1S/C18H23FN2O4/c1-12-6-5-7-13(2)21(12)16(22)11-25-17(23)10-20-18(24)14-8-3-4-9-15(14)19/h3-4,8-9,12-13H,5-7,10-11H2,1-2H3,(H,20,24)/t12-,13+. The molecule has 0 bridgehead atoms. The first kappa shape index (κ1) is 18.9. The van der Waals surface area contributed by atoms with Crippen molar-refractivity contribution in [2.45, 2.75) is 45.2 Å². The predicted molar refractivity (Wildman–Crippen MR) is 89.3 cm³/mol. The first-order valence-corrected chi connectivity index (χ1v) is 8.39. The van der Waals surface area contributed by atoms with Gasteiger partial charge in [0.2, 0.25) is 0 Å². The van der Waals surface area contributed by atoms with E-state index in [2.05, 4.69) is 5.32 Å². The molecule has 0 aliphatic carbocycles. The van der Waals surface area contributed by atoms with Crippen molar-refractivity contribution in [3.8, 4) is 0 Å². The van der Waals surface area contributed by atoms with Crippen LogP contribution in [0.4, 0.5) is 4.39 Å². The van der Waals surface area contributed by atoms with E-state index >= 15 is 0 Å². The zero-order valence-electron chi connectivity index (χ0n) is 14.5. The van der Waals surface area contributed by atoms with Crippen molar-refractivity contribution in [1.82, 2.24) is 10.2 Å². The number of likely N-dealkylation sites (tertiary alicyclic amines) is 1. The van der Waals surface area contributed by atoms with Gasteiger partial charge in [0.25, 0.3) is 11.8 Å². The van der Waals surface area contributed by atoms with Crippen LogP contribution in [0.5, 0.6) is 0 Å². The van der Waals surface area contributed by atoms with Crippen LogP contribution in [0.3, 0.4) is 0 Å². The van der Waals surface area contributed by atoms with E-state index in [1.165, 1.54) is 18.2 Å². The molecule has 2 atom stereocenters. The number of carbonyl (C=O) groups is 3. The van der Waals surface area contributed by atoms with Gasteiger partial charge in [0, 0.05) is 12.1 Å². The van der Waals surface area contributed by atoms with Gasteiger partial charge in [-0.05, 0) is 45.2 Å². The Kier molecular flexibility index (Phi) is 6.50. The minimum Gasteiger partial charge on any atom is -0.454 e. The lowest BCUT2D eigenvalue weighted by Crippen LogP contribution is -2.49. The number of piperidine rings is 1. The maximum atomic E-state index is 13.5. The quantitative estimate of drug-likeness (QED) is 0.823. The highest BCUT2D eigenvalue weighted by molar-refractivity contribution is 5.96. The monoisotopic (exact) mass is 350 g/mol. The molecule has 1 aliphatic heterocycles. The molecule has 0 aromatic heterocycles. The van der Waals surface area contributed by atoms with E-state index in [1.54, 1.807) is 4.90 Å². The second kappa shape index (κ2) is 8.60. The van der Waals surface area contributed by atoms with Crippen LogP contribution in [0.15, 0.2) is 24.3 Å². The number of hydrogen-bond acceptors (Lipinski definition) is 4. The minimum atomic E-state index is -0.740. The summed E-state index contributed by atoms with van der Waals surface area (Å²) in [4.78, 5) is 37.5. The molecule has 1 aromatic rings. The van der Waals surface area contributed by atoms with Gasteiger partial charge in [0.1, 0.15) is 12.4 Å². The molecule has 0 saturated carbocycles. The first-order valence-electron chi connectivity index (χ1n) is 8.39. The lowest BCUT2D eigenvalue weighted by atomic mass is 9.97. The molecule has 2 rings (SSSR count). The molecular weight excluding hydrogens is 327 g/mol. The number of ether oxygens (including phenoxy) is 1. The average molecular weight is 350 g/mol. The number of amides is 2. The van der Waals surface area contributed by atoms with Crippen molar-refractivity contribution in [3.63, 3.8) is 0 Å². The van der Waals surface area contributed by atoms with Gasteiger partial charge in [-0.2, -0.15) is 0 Å². The van der Waals surface area contributed by atoms with E-state index in [1.807, 2.05) is 13.8 Å². The normalized spacial score (nSPS) is 20.0. The summed E-state index contributed by atoms with van der Waals surface area (Å²) in [5, 5.41) is 2.28. The number of nitrogens with one attached hydrogen (secondary N) is 1. The molecule has 1 heterocycles. The largest absolute Gasteiger partial charge is 0.454 e. The summed E-state index contributed by atoms with van der Waals surface area (Å²) in [6.45, 7) is 3.17. The molecule has 1 aliphatic rings. The molecule has 136 valence electrons. The fraction of sp³-hybridized carbons (Fsp3) is 0.500. The highest BCUT2D eigenvalue weighted by atomic mass is 19.1. The Morgan fingerprint density at radius 2 is 1.84 bits per heavy atom. The molecule has 25 heavy (non-hydrogen) atoms. The summed E-state index contributed by atoms with van der Waals surface area (Å²) < 4.78 is 18.4. The van der Waals surface area contributed by atoms with Crippen molar-refractivity contribution in [2.24, 2.45) is 0 Å². The molecule has 1 fully saturated rings. The average Bonchev–Trinajstić information content (AvgIpc) is 2.58. The summed E-state index contributed by atoms with van der Waals surface area (Å²) in [7, 11) is 0. The summed E-state index contributed by atoms with van der Waals surface area (Å²) in [6.07, 6.45) is 2.94. The van der Waals surface area contributed by atoms with Gasteiger partial charge in [-0.15, -0.1) is 0 Å². The second-order valence-electron chi connectivity index (χ2n) is 6.25. The van der Waals surface area contributed by atoms with E-state index in [0.717, 1.165) is 25.3 Å². The molecular formula is C18H23FN2O4. The molecule has 2 amide bonds. The van der Waals surface area contributed by atoms with Crippen molar-refractivity contribution < 1.29 is 23.5 Å². The van der Waals surface area contributed by atoms with Crippen molar-refractivity contribution in [3.05, 3.63) is 35.6 Å². The maximum absolute atomic E-state index is 13.5. The molecule has 1 aromatic carbocycles. The Bertz CT molecular complexity index is 640. The molecule has 1 saturated heterocycles. The van der Waals surface area contributed by atoms with Crippen molar-refractivity contribution in [1.29, 1.82) is 0 Å². The summed E-state index contributed by atoms with van der Waals surface area (Å²) >= 11 is 0. The zero-order chi connectivity index (χ0) is 18.4. The van der Waals surface area contributed by atoms with Crippen LogP contribution in [-0.4, -0.2) is 47.9 Å². The maximum Gasteiger partial charge on any atom is 0.325 e. The number of esters is 1. The molecule has 0 radical (unpaired) electrons. The predicted octanol–water partition coefficient (Wildman–Crippen LogP) is 1.89. The molecule has 0 unspecified atom stereocenters. The number of benzene rings is 1. The summed E-state index contributed by atoms with van der Waals surface area (Å²) in [5.41, 5.74) is -0.151. The Labute approximate surface area is 146 Å². The SMILES string of the molecule is C[C@@H]1CCC[C@H](C)N1C(=O)COC(=O)CNC(=O)c1ccccc1F. The smallest absolute Gasteiger partial charge is 0.325 e. The second-order valence-corrected chi connectivity index (χ2v) is 6.25. The third-order valence-corrected chi connectivity index (χ3v) is 4.35. The zero-order valence-corrected chi connectivity index (χ0v) is 14.5. The van der Waals surface area contributed by atoms with Gasteiger partial charge < -0.3 is 15.0 Å². The van der Waals surface area contributed by atoms with E-state index in [4.69, 9.17) is 4.74 Å². The van der Waals surface area contributed by atoms with E-state index in [0.29, 0.717) is 0 Å². The lowest BCUT2D eigenvalue weighted by Gasteiger charge is -2.38. The topological polar surface area (TPSA) is 75.7 Å². The Balaban J connectivity index is 1.78. The van der Waals surface area contributed by atoms with Crippen LogP contribution in [0.2, 0.25) is 0 Å². The van der Waals surface area contributed by atoms with E-state index in [9.17, 15) is 18.8 Å². The number of halogens is 1. The van der Waals surface area contributed by atoms with Crippen LogP contribution in [0.25, 0.3) is 0 Å². The fourth-order valence-corrected chi connectivity index (χ4v) is 3.07. The number of nitrogens with zero attached hydrogens (tertiary/aromatic N) is 1. The van der Waals surface area contributed by atoms with Gasteiger partial charge in [0.15, 0.2) is 6.61 Å². The van der Waals surface area contributed by atoms with Crippen molar-refractivity contribution >= 4 is 17.8 Å². The lowest BCUT2D eigenvalue weighted by molar-refractivity contribution is -0.154. The van der Waals surface area contributed by atoms with Gasteiger partial charge >= 0.3 is 5.97 Å². The highest BCUT2D eigenvalue weighted by Gasteiger charge is 2.29. The summed E-state index contributed by atoms with van der Waals surface area (Å²) in [5.74, 6) is -2.36. The Morgan fingerprint density at radius 1 is 1.20 bits per heavy atom. The van der Waals surface area contributed by atoms with Gasteiger partial charge in [-0.25, -0.2) is 4.39 Å². The molecule has 6 nitrogen and oxygen atoms in total. The van der Waals surface area contributed by atoms with E-state index < -0.39 is 24.2 Å². The Morgan fingerprint density at radius 3 is 2.48 bits per heavy atom. The van der Waals surface area contributed by atoms with Crippen LogP contribution in [0.1, 0.15) is 43.5 Å². The van der Waals surface area contributed by atoms with Crippen LogP contribution in [-0.2, 0) is 14.3 Å². The Hall–Kier alpha value is -2.44. The third-order valence-electron chi connectivity index (χ3n) is 4.35. The van der Waals surface area contributed by atoms with Crippen LogP contribution in [0, 0.1) is 5.82 Å². The third kappa shape index (κ3) is 5.01. The number of carbonyl (C=O) groups excluding carboxylic acids is 3.